The van der Waals surface area contributed by atoms with E-state index in [4.69, 9.17) is 19.6 Å². The SMILES string of the molecule is CC(C)n1nc(C2CCC(=O)NC2=O)c2cccc(C#CCOC3CCN(C[C@H]4CC[C@H](n5cc(NC(=O)c6cnn7ccc(N8C[C@H]9C[C@@H]8CO9)nc67)c(C(F)F)n5)CC4)CC3)c21. The Labute approximate surface area is 369 Å². The molecule has 0 radical (unpaired) electrons. The molecular formula is C46H53F2N11O5. The Bertz CT molecular complexity index is 2630. The lowest BCUT2D eigenvalue weighted by molar-refractivity contribution is -0.134. The Morgan fingerprint density at radius 1 is 1.05 bits per heavy atom. The van der Waals surface area contributed by atoms with Gasteiger partial charge in [0.05, 0.1) is 65.5 Å². The Morgan fingerprint density at radius 3 is 2.61 bits per heavy atom. The van der Waals surface area contributed by atoms with Crippen LogP contribution in [0.1, 0.15) is 123 Å². The number of para-hydroxylation sites is 1. The number of halogens is 2. The molecule has 18 heteroatoms. The van der Waals surface area contributed by atoms with Crippen LogP contribution >= 0.6 is 0 Å². The predicted molar refractivity (Wildman–Crippen MR) is 232 cm³/mol. The van der Waals surface area contributed by atoms with Gasteiger partial charge in [-0.2, -0.15) is 15.3 Å². The van der Waals surface area contributed by atoms with E-state index in [2.05, 4.69) is 42.5 Å². The second kappa shape index (κ2) is 17.7. The lowest BCUT2D eigenvalue weighted by atomic mass is 9.85. The lowest BCUT2D eigenvalue weighted by Crippen LogP contribution is -2.40. The van der Waals surface area contributed by atoms with Crippen molar-refractivity contribution in [3.05, 3.63) is 65.4 Å². The molecule has 4 saturated heterocycles. The van der Waals surface area contributed by atoms with Gasteiger partial charge in [0.25, 0.3) is 12.3 Å². The second-order valence-corrected chi connectivity index (χ2v) is 18.2. The number of carbonyl (C=O) groups is 3. The van der Waals surface area contributed by atoms with Gasteiger partial charge < -0.3 is 24.6 Å². The minimum absolute atomic E-state index is 0.000678. The van der Waals surface area contributed by atoms with Gasteiger partial charge in [-0.1, -0.05) is 24.0 Å². The number of alkyl halides is 2. The average Bonchev–Trinajstić information content (AvgIpc) is 4.15. The van der Waals surface area contributed by atoms with Crippen molar-refractivity contribution in [2.45, 2.75) is 114 Å². The van der Waals surface area contributed by atoms with Gasteiger partial charge in [0, 0.05) is 56.4 Å². The zero-order chi connectivity index (χ0) is 44.1. The molecule has 4 aromatic heterocycles. The van der Waals surface area contributed by atoms with E-state index in [0.717, 1.165) is 93.4 Å². The van der Waals surface area contributed by atoms with Gasteiger partial charge in [-0.3, -0.25) is 29.1 Å². The first kappa shape index (κ1) is 42.2. The molecule has 0 spiro atoms. The third-order valence-electron chi connectivity index (χ3n) is 13.7. The molecule has 1 aromatic carbocycles. The van der Waals surface area contributed by atoms with Crippen molar-refractivity contribution < 1.29 is 32.6 Å². The molecule has 2 bridgehead atoms. The summed E-state index contributed by atoms with van der Waals surface area (Å²) >= 11 is 0. The number of morpholine rings is 1. The van der Waals surface area contributed by atoms with Crippen LogP contribution in [-0.2, 0) is 19.1 Å². The number of imide groups is 1. The van der Waals surface area contributed by atoms with Crippen molar-refractivity contribution in [2.75, 3.05) is 49.6 Å². The molecule has 8 heterocycles. The van der Waals surface area contributed by atoms with E-state index >= 15 is 0 Å². The fourth-order valence-corrected chi connectivity index (χ4v) is 10.3. The average molecular weight is 878 g/mol. The summed E-state index contributed by atoms with van der Waals surface area (Å²) in [5.41, 5.74) is 2.50. The van der Waals surface area contributed by atoms with Crippen LogP contribution in [0.3, 0.4) is 0 Å². The Balaban J connectivity index is 0.702. The Morgan fingerprint density at radius 2 is 1.88 bits per heavy atom. The standard InChI is InChI=1S/C46H53F2N11O5/c1-27(2)59-42-29(5-3-7-34(42)40(54-59)35-12-13-39(60)52-45(35)61)6-4-20-63-32-14-17-55(18-15-32)23-28-8-10-30(11-9-28)58-25-37(41(53-58)43(47)48)50-46(62)36-22-49-57-19-16-38(51-44(36)57)56-24-33-21-31(56)26-64-33/h3,5,7,16,19,22,25,27-28,30-33,35,43H,8-15,17-18,20-21,23-24,26H2,1-2H3,(H,50,62)(H,52,60,61)/t28-,30-,31-,33-,35?/m1/s1. The van der Waals surface area contributed by atoms with E-state index in [9.17, 15) is 23.2 Å². The summed E-state index contributed by atoms with van der Waals surface area (Å²) in [6.07, 6.45) is 9.23. The normalized spacial score (nSPS) is 24.3. The maximum atomic E-state index is 14.3. The number of carbonyl (C=O) groups excluding carboxylic acids is 3. The highest BCUT2D eigenvalue weighted by Gasteiger charge is 2.40. The van der Waals surface area contributed by atoms with Crippen LogP contribution in [0.15, 0.2) is 42.9 Å². The first-order valence-electron chi connectivity index (χ1n) is 22.6. The molecule has 10 rings (SSSR count). The number of hydrogen-bond donors (Lipinski definition) is 2. The van der Waals surface area contributed by atoms with Crippen molar-refractivity contribution in [1.29, 1.82) is 0 Å². The van der Waals surface area contributed by atoms with Gasteiger partial charge in [-0.05, 0) is 83.3 Å². The van der Waals surface area contributed by atoms with E-state index in [0.29, 0.717) is 43.3 Å². The van der Waals surface area contributed by atoms with Crippen molar-refractivity contribution in [3.63, 3.8) is 0 Å². The van der Waals surface area contributed by atoms with Crippen LogP contribution in [0.5, 0.6) is 0 Å². The number of ether oxygens (including phenoxy) is 2. The molecule has 3 amide bonds. The van der Waals surface area contributed by atoms with Gasteiger partial charge >= 0.3 is 0 Å². The van der Waals surface area contributed by atoms with Crippen LogP contribution < -0.4 is 15.5 Å². The fourth-order valence-electron chi connectivity index (χ4n) is 10.3. The number of likely N-dealkylation sites (tertiary alicyclic amines) is 1. The highest BCUT2D eigenvalue weighted by Crippen LogP contribution is 2.37. The summed E-state index contributed by atoms with van der Waals surface area (Å²) in [5, 5.41) is 19.5. The van der Waals surface area contributed by atoms with Crippen molar-refractivity contribution >= 4 is 45.8 Å². The van der Waals surface area contributed by atoms with Crippen LogP contribution in [-0.4, -0.2) is 114 Å². The van der Waals surface area contributed by atoms with E-state index in [-0.39, 0.29) is 53.4 Å². The minimum atomic E-state index is -2.86. The van der Waals surface area contributed by atoms with E-state index in [1.807, 2.05) is 42.8 Å². The first-order chi connectivity index (χ1) is 31.1. The van der Waals surface area contributed by atoms with E-state index in [1.54, 1.807) is 17.1 Å². The summed E-state index contributed by atoms with van der Waals surface area (Å²) in [4.78, 5) is 47.5. The molecule has 64 heavy (non-hydrogen) atoms. The minimum Gasteiger partial charge on any atom is -0.374 e. The molecule has 5 fully saturated rings. The molecule has 336 valence electrons. The van der Waals surface area contributed by atoms with E-state index < -0.39 is 23.9 Å². The quantitative estimate of drug-likeness (QED) is 0.122. The zero-order valence-electron chi connectivity index (χ0n) is 36.1. The Kier molecular flexibility index (Phi) is 11.6. The summed E-state index contributed by atoms with van der Waals surface area (Å²) in [6, 6.07) is 7.99. The summed E-state index contributed by atoms with van der Waals surface area (Å²) in [7, 11) is 0. The number of rotatable bonds is 11. The zero-order valence-corrected chi connectivity index (χ0v) is 36.1. The van der Waals surface area contributed by atoms with Gasteiger partial charge in [0.2, 0.25) is 11.8 Å². The number of amides is 3. The molecule has 5 aromatic rings. The molecule has 16 nitrogen and oxygen atoms in total. The van der Waals surface area contributed by atoms with Crippen molar-refractivity contribution in [1.82, 2.24) is 44.4 Å². The molecule has 1 unspecified atom stereocenters. The second-order valence-electron chi connectivity index (χ2n) is 18.2. The van der Waals surface area contributed by atoms with Gasteiger partial charge in [-0.25, -0.2) is 18.3 Å². The lowest BCUT2D eigenvalue weighted by Gasteiger charge is -2.36. The maximum absolute atomic E-state index is 14.3. The van der Waals surface area contributed by atoms with Crippen LogP contribution in [0, 0.1) is 17.8 Å². The molecular weight excluding hydrogens is 825 g/mol. The highest BCUT2D eigenvalue weighted by molar-refractivity contribution is 6.08. The number of nitrogens with zero attached hydrogens (tertiary/aromatic N) is 9. The predicted octanol–water partition coefficient (Wildman–Crippen LogP) is 5.81. The van der Waals surface area contributed by atoms with Gasteiger partial charge in [-0.15, -0.1) is 0 Å². The number of benzene rings is 1. The fraction of sp³-hybridized carbons (Fsp3) is 0.543. The summed E-state index contributed by atoms with van der Waals surface area (Å²) < 4.78 is 45.6. The molecule has 1 aliphatic carbocycles. The largest absolute Gasteiger partial charge is 0.374 e. The Hall–Kier alpha value is -5.77. The maximum Gasteiger partial charge on any atom is 0.284 e. The van der Waals surface area contributed by atoms with Crippen molar-refractivity contribution in [3.8, 4) is 11.8 Å². The van der Waals surface area contributed by atoms with Crippen LogP contribution in [0.4, 0.5) is 20.3 Å². The number of aromatic nitrogens is 7. The van der Waals surface area contributed by atoms with Gasteiger partial charge in [0.15, 0.2) is 11.3 Å². The smallest absolute Gasteiger partial charge is 0.284 e. The first-order valence-corrected chi connectivity index (χ1v) is 22.6. The molecule has 4 aliphatic heterocycles. The summed E-state index contributed by atoms with van der Waals surface area (Å²) in [6.45, 7) is 8.64. The molecule has 5 aliphatic rings. The summed E-state index contributed by atoms with van der Waals surface area (Å²) in [5.74, 6) is 6.16. The number of hydrogen-bond acceptors (Lipinski definition) is 11. The number of anilines is 2. The topological polar surface area (TPSA) is 166 Å². The molecule has 2 N–H and O–H groups in total. The van der Waals surface area contributed by atoms with Crippen LogP contribution in [0.2, 0.25) is 0 Å². The van der Waals surface area contributed by atoms with Crippen molar-refractivity contribution in [2.24, 2.45) is 5.92 Å². The van der Waals surface area contributed by atoms with Crippen LogP contribution in [0.25, 0.3) is 16.6 Å². The molecule has 1 saturated carbocycles. The molecule has 3 atom stereocenters. The number of piperidine rings is 2. The highest BCUT2D eigenvalue weighted by atomic mass is 19.3. The number of fused-ring (bicyclic) bond motifs is 4. The number of nitrogens with one attached hydrogen (secondary N) is 2. The monoisotopic (exact) mass is 877 g/mol. The third kappa shape index (κ3) is 8.36. The van der Waals surface area contributed by atoms with Gasteiger partial charge in [0.1, 0.15) is 18.0 Å². The third-order valence-corrected chi connectivity index (χ3v) is 13.7. The van der Waals surface area contributed by atoms with E-state index in [1.165, 1.54) is 10.7 Å².